The summed E-state index contributed by atoms with van der Waals surface area (Å²) in [5.41, 5.74) is 2.14. The highest BCUT2D eigenvalue weighted by Crippen LogP contribution is 2.32. The van der Waals surface area contributed by atoms with Gasteiger partial charge in [0, 0.05) is 6.04 Å². The van der Waals surface area contributed by atoms with Crippen molar-refractivity contribution < 1.29 is 17.5 Å². The molecule has 0 spiro atoms. The summed E-state index contributed by atoms with van der Waals surface area (Å²) in [5.74, 6) is 0.448. The zero-order valence-electron chi connectivity index (χ0n) is 15.1. The highest BCUT2D eigenvalue weighted by atomic mass is 32.2. The topological polar surface area (TPSA) is 55.4 Å². The van der Waals surface area contributed by atoms with E-state index < -0.39 is 16.1 Å². The van der Waals surface area contributed by atoms with Crippen LogP contribution in [0.1, 0.15) is 49.4 Å². The highest BCUT2D eigenvalue weighted by Gasteiger charge is 2.23. The maximum Gasteiger partial charge on any atom is 0.241 e. The molecule has 0 aromatic heterocycles. The Balaban J connectivity index is 2.38. The molecule has 0 fully saturated rings. The van der Waals surface area contributed by atoms with E-state index >= 15 is 0 Å². The average molecular weight is 365 g/mol. The molecule has 0 bridgehead atoms. The summed E-state index contributed by atoms with van der Waals surface area (Å²) in [6, 6.07) is 8.71. The second-order valence-corrected chi connectivity index (χ2v) is 8.09. The fraction of sp³-hybridized carbons (Fsp3) is 0.368. The molecule has 6 heteroatoms. The third-order valence-electron chi connectivity index (χ3n) is 4.14. The maximum atomic E-state index is 13.0. The summed E-state index contributed by atoms with van der Waals surface area (Å²) in [4.78, 5) is 0.228. The Kier molecular flexibility index (Phi) is 5.85. The Bertz CT molecular complexity index is 846. The number of hydrogen-bond donors (Lipinski definition) is 1. The van der Waals surface area contributed by atoms with E-state index in [2.05, 4.69) is 4.72 Å². The number of aryl methyl sites for hydroxylation is 1. The van der Waals surface area contributed by atoms with Crippen LogP contribution in [0.3, 0.4) is 0 Å². The average Bonchev–Trinajstić information content (AvgIpc) is 2.54. The Labute approximate surface area is 149 Å². The first-order valence-electron chi connectivity index (χ1n) is 8.12. The molecule has 0 saturated carbocycles. The number of rotatable bonds is 6. The molecule has 0 aliphatic carbocycles. The van der Waals surface area contributed by atoms with Gasteiger partial charge < -0.3 is 4.74 Å². The van der Waals surface area contributed by atoms with Crippen LogP contribution in [-0.4, -0.2) is 15.5 Å². The van der Waals surface area contributed by atoms with E-state index in [1.807, 2.05) is 13.8 Å². The van der Waals surface area contributed by atoms with Gasteiger partial charge in [0.15, 0.2) is 0 Å². The molecule has 2 aromatic rings. The summed E-state index contributed by atoms with van der Waals surface area (Å²) >= 11 is 0. The van der Waals surface area contributed by atoms with Crippen LogP contribution in [-0.2, 0) is 10.0 Å². The van der Waals surface area contributed by atoms with Crippen molar-refractivity contribution in [2.24, 2.45) is 0 Å². The summed E-state index contributed by atoms with van der Waals surface area (Å²) < 4.78 is 46.8. The number of halogens is 1. The molecule has 2 aromatic carbocycles. The number of nitrogens with one attached hydrogen (secondary N) is 1. The largest absolute Gasteiger partial charge is 0.496 e. The van der Waals surface area contributed by atoms with Crippen LogP contribution in [0.25, 0.3) is 0 Å². The minimum atomic E-state index is -3.73. The summed E-state index contributed by atoms with van der Waals surface area (Å²) in [5, 5.41) is 0. The van der Waals surface area contributed by atoms with Gasteiger partial charge in [-0.1, -0.05) is 26.0 Å². The molecule has 0 radical (unpaired) electrons. The van der Waals surface area contributed by atoms with E-state index in [-0.39, 0.29) is 16.6 Å². The molecule has 0 heterocycles. The van der Waals surface area contributed by atoms with Crippen molar-refractivity contribution in [3.63, 3.8) is 0 Å². The zero-order valence-corrected chi connectivity index (χ0v) is 15.9. The Hall–Kier alpha value is -1.92. The van der Waals surface area contributed by atoms with Gasteiger partial charge in [0.05, 0.1) is 12.0 Å². The van der Waals surface area contributed by atoms with Gasteiger partial charge in [-0.05, 0) is 60.7 Å². The van der Waals surface area contributed by atoms with Crippen LogP contribution in [0, 0.1) is 12.7 Å². The first kappa shape index (κ1) is 19.4. The predicted octanol–water partition coefficient (Wildman–Crippen LogP) is 4.31. The van der Waals surface area contributed by atoms with Crippen LogP contribution in [0.15, 0.2) is 41.3 Å². The third kappa shape index (κ3) is 4.38. The van der Waals surface area contributed by atoms with Gasteiger partial charge in [-0.25, -0.2) is 17.5 Å². The molecular weight excluding hydrogens is 341 g/mol. The normalized spacial score (nSPS) is 13.1. The summed E-state index contributed by atoms with van der Waals surface area (Å²) in [6.45, 7) is 7.44. The maximum absolute atomic E-state index is 13.0. The molecule has 1 atom stereocenters. The minimum Gasteiger partial charge on any atom is -0.496 e. The number of hydrogen-bond acceptors (Lipinski definition) is 3. The molecule has 0 aliphatic rings. The lowest BCUT2D eigenvalue weighted by atomic mass is 10.0. The standard InChI is InChI=1S/C19H24FNO3S/c1-12(2)17-11-19(13(3)10-18(17)24-5)25(22,23)21-14(4)15-6-8-16(20)9-7-15/h6-12,14,21H,1-5H3/t14-/m0/s1. The number of benzene rings is 2. The first-order valence-corrected chi connectivity index (χ1v) is 9.60. The monoisotopic (exact) mass is 365 g/mol. The molecule has 0 unspecified atom stereocenters. The van der Waals surface area contributed by atoms with E-state index in [9.17, 15) is 12.8 Å². The molecule has 25 heavy (non-hydrogen) atoms. The Morgan fingerprint density at radius 2 is 1.68 bits per heavy atom. The molecule has 0 amide bonds. The highest BCUT2D eigenvalue weighted by molar-refractivity contribution is 7.89. The van der Waals surface area contributed by atoms with E-state index in [1.165, 1.54) is 12.1 Å². The number of methoxy groups -OCH3 is 1. The van der Waals surface area contributed by atoms with Crippen molar-refractivity contribution in [2.75, 3.05) is 7.11 Å². The zero-order chi connectivity index (χ0) is 18.8. The summed E-state index contributed by atoms with van der Waals surface area (Å²) in [7, 11) is -2.16. The van der Waals surface area contributed by atoms with Crippen LogP contribution in [0.5, 0.6) is 5.75 Å². The number of ether oxygens (including phenoxy) is 1. The van der Waals surface area contributed by atoms with Gasteiger partial charge in [0.1, 0.15) is 11.6 Å². The lowest BCUT2D eigenvalue weighted by molar-refractivity contribution is 0.406. The van der Waals surface area contributed by atoms with Gasteiger partial charge >= 0.3 is 0 Å². The Morgan fingerprint density at radius 1 is 1.08 bits per heavy atom. The van der Waals surface area contributed by atoms with Crippen LogP contribution >= 0.6 is 0 Å². The molecule has 4 nitrogen and oxygen atoms in total. The first-order chi connectivity index (χ1) is 11.7. The second-order valence-electron chi connectivity index (χ2n) is 6.41. The smallest absolute Gasteiger partial charge is 0.241 e. The SMILES string of the molecule is COc1cc(C)c(S(=O)(=O)N[C@@H](C)c2ccc(F)cc2)cc1C(C)C. The van der Waals surface area contributed by atoms with Gasteiger partial charge in [0.2, 0.25) is 10.0 Å². The van der Waals surface area contributed by atoms with Crippen molar-refractivity contribution in [1.29, 1.82) is 0 Å². The van der Waals surface area contributed by atoms with Crippen molar-refractivity contribution in [3.8, 4) is 5.75 Å². The van der Waals surface area contributed by atoms with E-state index in [4.69, 9.17) is 4.74 Å². The quantitative estimate of drug-likeness (QED) is 0.830. The number of sulfonamides is 1. The van der Waals surface area contributed by atoms with E-state index in [0.717, 1.165) is 5.56 Å². The molecule has 0 aliphatic heterocycles. The molecule has 2 rings (SSSR count). The van der Waals surface area contributed by atoms with Gasteiger partial charge in [-0.2, -0.15) is 0 Å². The molecule has 136 valence electrons. The van der Waals surface area contributed by atoms with Gasteiger partial charge in [-0.15, -0.1) is 0 Å². The predicted molar refractivity (Wildman–Crippen MR) is 97.0 cm³/mol. The van der Waals surface area contributed by atoms with Crippen molar-refractivity contribution in [1.82, 2.24) is 4.72 Å². The van der Waals surface area contributed by atoms with E-state index in [0.29, 0.717) is 16.9 Å². The van der Waals surface area contributed by atoms with Crippen LogP contribution in [0.4, 0.5) is 4.39 Å². The fourth-order valence-electron chi connectivity index (χ4n) is 2.71. The van der Waals surface area contributed by atoms with Gasteiger partial charge in [-0.3, -0.25) is 0 Å². The molecule has 0 saturated heterocycles. The minimum absolute atomic E-state index is 0.124. The van der Waals surface area contributed by atoms with Gasteiger partial charge in [0.25, 0.3) is 0 Å². The lowest BCUT2D eigenvalue weighted by Gasteiger charge is -2.19. The van der Waals surface area contributed by atoms with Crippen molar-refractivity contribution in [2.45, 2.75) is 44.6 Å². The van der Waals surface area contributed by atoms with Crippen molar-refractivity contribution >= 4 is 10.0 Å². The molecule has 1 N–H and O–H groups in total. The molecular formula is C19H24FNO3S. The van der Waals surface area contributed by atoms with Crippen molar-refractivity contribution in [3.05, 3.63) is 58.9 Å². The van der Waals surface area contributed by atoms with E-state index in [1.54, 1.807) is 45.2 Å². The Morgan fingerprint density at radius 3 is 2.20 bits per heavy atom. The second kappa shape index (κ2) is 7.54. The third-order valence-corrected chi connectivity index (χ3v) is 5.82. The lowest BCUT2D eigenvalue weighted by Crippen LogP contribution is -2.27. The van der Waals surface area contributed by atoms with Crippen LogP contribution < -0.4 is 9.46 Å². The van der Waals surface area contributed by atoms with Crippen LogP contribution in [0.2, 0.25) is 0 Å². The fourth-order valence-corrected chi connectivity index (χ4v) is 4.20. The summed E-state index contributed by atoms with van der Waals surface area (Å²) in [6.07, 6.45) is 0.